The number of methoxy groups -OCH3 is 1. The van der Waals surface area contributed by atoms with E-state index < -0.39 is 0 Å². The molecule has 0 fully saturated rings. The molecule has 7 heteroatoms. The average Bonchev–Trinajstić information content (AvgIpc) is 3.06. The van der Waals surface area contributed by atoms with Gasteiger partial charge in [-0.25, -0.2) is 4.98 Å². The van der Waals surface area contributed by atoms with Crippen LogP contribution in [0.3, 0.4) is 0 Å². The summed E-state index contributed by atoms with van der Waals surface area (Å²) in [5.74, 6) is 0.694. The Hall–Kier alpha value is -1.44. The molecule has 0 aliphatic heterocycles. The highest BCUT2D eigenvalue weighted by molar-refractivity contribution is 7.15. The second-order valence-electron chi connectivity index (χ2n) is 4.07. The summed E-state index contributed by atoms with van der Waals surface area (Å²) in [5, 5.41) is 6.53. The number of rotatable bonds is 5. The third kappa shape index (κ3) is 2.49. The molecule has 3 aromatic rings. The highest BCUT2D eigenvalue weighted by Gasteiger charge is 2.13. The van der Waals surface area contributed by atoms with Gasteiger partial charge in [-0.2, -0.15) is 4.98 Å². The van der Waals surface area contributed by atoms with E-state index in [2.05, 4.69) is 19.7 Å². The number of thiazole rings is 2. The van der Waals surface area contributed by atoms with Gasteiger partial charge < -0.3 is 10.1 Å². The summed E-state index contributed by atoms with van der Waals surface area (Å²) in [7, 11) is 1.66. The lowest BCUT2D eigenvalue weighted by atomic mass is 10.4. The van der Waals surface area contributed by atoms with Crippen LogP contribution in [0.1, 0.15) is 15.6 Å². The minimum Gasteiger partial charge on any atom is -0.480 e. The smallest absolute Gasteiger partial charge is 0.237 e. The number of aromatic nitrogens is 3. The Balaban J connectivity index is 1.72. The first-order chi connectivity index (χ1) is 9.28. The molecule has 100 valence electrons. The molecule has 5 nitrogen and oxygen atoms in total. The van der Waals surface area contributed by atoms with E-state index in [1.807, 2.05) is 24.7 Å². The van der Waals surface area contributed by atoms with Crippen molar-refractivity contribution in [1.29, 1.82) is 0 Å². The number of fused-ring (bicyclic) bond motifs is 1. The molecule has 0 radical (unpaired) electrons. The van der Waals surface area contributed by atoms with E-state index in [4.69, 9.17) is 4.74 Å². The molecule has 0 aliphatic carbocycles. The molecule has 0 unspecified atom stereocenters. The molecule has 0 saturated heterocycles. The van der Waals surface area contributed by atoms with Gasteiger partial charge in [0.1, 0.15) is 5.69 Å². The second-order valence-corrected chi connectivity index (χ2v) is 6.26. The summed E-state index contributed by atoms with van der Waals surface area (Å²) in [4.78, 5) is 10.9. The monoisotopic (exact) mass is 294 g/mol. The van der Waals surface area contributed by atoms with E-state index in [1.54, 1.807) is 29.8 Å². The standard InChI is InChI=1S/C12H14N4OS2/c1-8-14-6-9(19-8)5-13-7-10-11(17-2)15-12-16(10)3-4-18-12/h3-4,6,13H,5,7H2,1-2H3. The van der Waals surface area contributed by atoms with Crippen LogP contribution in [-0.4, -0.2) is 21.5 Å². The van der Waals surface area contributed by atoms with Crippen LogP contribution in [0.2, 0.25) is 0 Å². The maximum absolute atomic E-state index is 5.32. The Morgan fingerprint density at radius 2 is 2.32 bits per heavy atom. The van der Waals surface area contributed by atoms with Crippen molar-refractivity contribution in [2.24, 2.45) is 0 Å². The van der Waals surface area contributed by atoms with Crippen molar-refractivity contribution in [3.8, 4) is 5.88 Å². The van der Waals surface area contributed by atoms with Crippen molar-refractivity contribution in [1.82, 2.24) is 19.7 Å². The van der Waals surface area contributed by atoms with Crippen LogP contribution in [-0.2, 0) is 13.1 Å². The van der Waals surface area contributed by atoms with Gasteiger partial charge in [0.05, 0.1) is 12.1 Å². The lowest BCUT2D eigenvalue weighted by Crippen LogP contribution is -2.13. The molecule has 0 spiro atoms. The largest absolute Gasteiger partial charge is 0.480 e. The maximum Gasteiger partial charge on any atom is 0.237 e. The predicted molar refractivity (Wildman–Crippen MR) is 77.0 cm³/mol. The third-order valence-corrected chi connectivity index (χ3v) is 4.45. The summed E-state index contributed by atoms with van der Waals surface area (Å²) in [6, 6.07) is 0. The zero-order valence-corrected chi connectivity index (χ0v) is 12.3. The van der Waals surface area contributed by atoms with Crippen LogP contribution < -0.4 is 10.1 Å². The number of nitrogens with one attached hydrogen (secondary N) is 1. The van der Waals surface area contributed by atoms with Gasteiger partial charge in [-0.3, -0.25) is 4.40 Å². The van der Waals surface area contributed by atoms with Gasteiger partial charge in [-0.1, -0.05) is 0 Å². The van der Waals surface area contributed by atoms with Crippen LogP contribution in [0.4, 0.5) is 0 Å². The maximum atomic E-state index is 5.32. The minimum absolute atomic E-state index is 0.694. The highest BCUT2D eigenvalue weighted by Crippen LogP contribution is 2.23. The summed E-state index contributed by atoms with van der Waals surface area (Å²) >= 11 is 3.32. The number of aryl methyl sites for hydroxylation is 1. The molecule has 0 bridgehead atoms. The second kappa shape index (κ2) is 5.28. The SMILES string of the molecule is COc1nc2sccn2c1CNCc1cnc(C)s1. The molecule has 3 aromatic heterocycles. The van der Waals surface area contributed by atoms with E-state index in [0.29, 0.717) is 5.88 Å². The third-order valence-electron chi connectivity index (χ3n) is 2.78. The van der Waals surface area contributed by atoms with Crippen LogP contribution in [0, 0.1) is 6.92 Å². The fourth-order valence-electron chi connectivity index (χ4n) is 1.93. The number of hydrogen-bond donors (Lipinski definition) is 1. The Labute approximate surface area is 118 Å². The van der Waals surface area contributed by atoms with Gasteiger partial charge in [0.25, 0.3) is 0 Å². The van der Waals surface area contributed by atoms with E-state index in [-0.39, 0.29) is 0 Å². The Bertz CT molecular complexity index is 685. The first-order valence-electron chi connectivity index (χ1n) is 5.88. The normalized spacial score (nSPS) is 11.3. The molecule has 19 heavy (non-hydrogen) atoms. The van der Waals surface area contributed by atoms with Crippen LogP contribution >= 0.6 is 22.7 Å². The first kappa shape index (κ1) is 12.6. The molecule has 3 heterocycles. The number of imidazole rings is 1. The first-order valence-corrected chi connectivity index (χ1v) is 7.58. The van der Waals surface area contributed by atoms with Gasteiger partial charge in [-0.15, -0.1) is 22.7 Å². The summed E-state index contributed by atoms with van der Waals surface area (Å²) in [6.07, 6.45) is 3.93. The fourth-order valence-corrected chi connectivity index (χ4v) is 3.42. The predicted octanol–water partition coefficient (Wildman–Crippen LogP) is 2.46. The van der Waals surface area contributed by atoms with E-state index >= 15 is 0 Å². The van der Waals surface area contributed by atoms with Crippen molar-refractivity contribution in [2.75, 3.05) is 7.11 Å². The van der Waals surface area contributed by atoms with Crippen LogP contribution in [0.15, 0.2) is 17.8 Å². The molecule has 0 aliphatic rings. The van der Waals surface area contributed by atoms with Crippen molar-refractivity contribution >= 4 is 27.6 Å². The van der Waals surface area contributed by atoms with Crippen molar-refractivity contribution < 1.29 is 4.74 Å². The molecule has 0 aromatic carbocycles. The van der Waals surface area contributed by atoms with Gasteiger partial charge in [0, 0.05) is 35.7 Å². The topological polar surface area (TPSA) is 51.5 Å². The lowest BCUT2D eigenvalue weighted by Gasteiger charge is -2.04. The summed E-state index contributed by atoms with van der Waals surface area (Å²) < 4.78 is 7.38. The van der Waals surface area contributed by atoms with Crippen molar-refractivity contribution in [2.45, 2.75) is 20.0 Å². The molecular weight excluding hydrogens is 280 g/mol. The Kier molecular flexibility index (Phi) is 3.50. The molecular formula is C12H14N4OS2. The molecule has 3 rings (SSSR count). The fraction of sp³-hybridized carbons (Fsp3) is 0.333. The number of ether oxygens (including phenoxy) is 1. The molecule has 0 amide bonds. The van der Waals surface area contributed by atoms with Crippen molar-refractivity contribution in [3.05, 3.63) is 33.4 Å². The van der Waals surface area contributed by atoms with E-state index in [9.17, 15) is 0 Å². The summed E-state index contributed by atoms with van der Waals surface area (Å²) in [6.45, 7) is 3.55. The van der Waals surface area contributed by atoms with E-state index in [0.717, 1.165) is 28.8 Å². The zero-order chi connectivity index (χ0) is 13.2. The number of hydrogen-bond acceptors (Lipinski definition) is 6. The Morgan fingerprint density at radius 3 is 3.05 bits per heavy atom. The minimum atomic E-state index is 0.694. The summed E-state index contributed by atoms with van der Waals surface area (Å²) in [5.41, 5.74) is 1.06. The zero-order valence-electron chi connectivity index (χ0n) is 10.7. The van der Waals surface area contributed by atoms with Crippen LogP contribution in [0.5, 0.6) is 5.88 Å². The molecule has 0 saturated carbocycles. The Morgan fingerprint density at radius 1 is 1.42 bits per heavy atom. The van der Waals surface area contributed by atoms with Gasteiger partial charge in [0.15, 0.2) is 4.96 Å². The molecule has 1 N–H and O–H groups in total. The lowest BCUT2D eigenvalue weighted by molar-refractivity contribution is 0.393. The van der Waals surface area contributed by atoms with E-state index in [1.165, 1.54) is 4.88 Å². The average molecular weight is 294 g/mol. The number of nitrogens with zero attached hydrogens (tertiary/aromatic N) is 3. The quantitative estimate of drug-likeness (QED) is 0.785. The van der Waals surface area contributed by atoms with Gasteiger partial charge in [-0.05, 0) is 6.92 Å². The molecule has 0 atom stereocenters. The van der Waals surface area contributed by atoms with Crippen molar-refractivity contribution in [3.63, 3.8) is 0 Å². The van der Waals surface area contributed by atoms with Gasteiger partial charge in [0.2, 0.25) is 5.88 Å². The highest BCUT2D eigenvalue weighted by atomic mass is 32.1. The van der Waals surface area contributed by atoms with Crippen LogP contribution in [0.25, 0.3) is 4.96 Å². The van der Waals surface area contributed by atoms with Gasteiger partial charge >= 0.3 is 0 Å².